The summed E-state index contributed by atoms with van der Waals surface area (Å²) in [6.07, 6.45) is 1.13. The first-order valence-electron chi connectivity index (χ1n) is 6.02. The van der Waals surface area contributed by atoms with Gasteiger partial charge in [0.25, 0.3) is 0 Å². The van der Waals surface area contributed by atoms with Crippen LogP contribution in [-0.4, -0.2) is 42.6 Å². The molecule has 0 saturated carbocycles. The van der Waals surface area contributed by atoms with Crippen LogP contribution in [0.5, 0.6) is 0 Å². The van der Waals surface area contributed by atoms with Crippen LogP contribution < -0.4 is 4.31 Å². The van der Waals surface area contributed by atoms with Gasteiger partial charge >= 0.3 is 5.97 Å². The summed E-state index contributed by atoms with van der Waals surface area (Å²) in [4.78, 5) is 10.9. The van der Waals surface area contributed by atoms with E-state index in [4.69, 9.17) is 5.11 Å². The van der Waals surface area contributed by atoms with Crippen LogP contribution in [0.2, 0.25) is 0 Å². The van der Waals surface area contributed by atoms with Gasteiger partial charge in [-0.25, -0.2) is 13.2 Å². The SMILES string of the molecule is CN(c1ccc(-c2cc(C(=O)O)nn2C)cc1)S(C)(=O)=O. The third-order valence-corrected chi connectivity index (χ3v) is 4.33. The van der Waals surface area contributed by atoms with Crippen molar-refractivity contribution in [3.63, 3.8) is 0 Å². The summed E-state index contributed by atoms with van der Waals surface area (Å²) in [6, 6.07) is 8.23. The van der Waals surface area contributed by atoms with Gasteiger partial charge in [0.2, 0.25) is 10.0 Å². The van der Waals surface area contributed by atoms with E-state index < -0.39 is 16.0 Å². The number of aromatic nitrogens is 2. The standard InChI is InChI=1S/C13H15N3O4S/c1-15-12(8-11(14-15)13(17)18)9-4-6-10(7-5-9)16(2)21(3,19)20/h4-8H,1-3H3,(H,17,18). The Balaban J connectivity index is 2.38. The molecule has 2 aromatic rings. The first kappa shape index (κ1) is 15.0. The molecule has 1 aromatic heterocycles. The number of hydrogen-bond acceptors (Lipinski definition) is 4. The van der Waals surface area contributed by atoms with Crippen LogP contribution in [0.4, 0.5) is 5.69 Å². The minimum Gasteiger partial charge on any atom is -0.476 e. The average molecular weight is 309 g/mol. The number of rotatable bonds is 4. The molecule has 8 heteroatoms. The number of aryl methyl sites for hydroxylation is 1. The van der Waals surface area contributed by atoms with E-state index in [2.05, 4.69) is 5.10 Å². The predicted molar refractivity (Wildman–Crippen MR) is 78.9 cm³/mol. The molecule has 0 aliphatic heterocycles. The monoisotopic (exact) mass is 309 g/mol. The van der Waals surface area contributed by atoms with Crippen LogP contribution in [0, 0.1) is 0 Å². The second-order valence-electron chi connectivity index (χ2n) is 4.62. The molecule has 0 bridgehead atoms. The second kappa shape index (κ2) is 5.21. The van der Waals surface area contributed by atoms with Crippen molar-refractivity contribution >= 4 is 21.7 Å². The van der Waals surface area contributed by atoms with Crippen molar-refractivity contribution in [2.45, 2.75) is 0 Å². The maximum Gasteiger partial charge on any atom is 0.356 e. The van der Waals surface area contributed by atoms with Gasteiger partial charge in [0, 0.05) is 14.1 Å². The van der Waals surface area contributed by atoms with E-state index in [1.54, 1.807) is 31.3 Å². The summed E-state index contributed by atoms with van der Waals surface area (Å²) in [7, 11) is -0.190. The van der Waals surface area contributed by atoms with E-state index in [9.17, 15) is 13.2 Å². The van der Waals surface area contributed by atoms with Crippen molar-refractivity contribution in [1.82, 2.24) is 9.78 Å². The van der Waals surface area contributed by atoms with Crippen molar-refractivity contribution in [2.75, 3.05) is 17.6 Å². The zero-order chi connectivity index (χ0) is 15.8. The minimum atomic E-state index is -3.31. The fourth-order valence-electron chi connectivity index (χ4n) is 1.88. The first-order chi connectivity index (χ1) is 9.70. The first-order valence-corrected chi connectivity index (χ1v) is 7.86. The fourth-order valence-corrected chi connectivity index (χ4v) is 2.38. The summed E-state index contributed by atoms with van der Waals surface area (Å²) in [5.41, 5.74) is 1.89. The van der Waals surface area contributed by atoms with Crippen LogP contribution in [0.25, 0.3) is 11.3 Å². The number of nitrogens with zero attached hydrogens (tertiary/aromatic N) is 3. The van der Waals surface area contributed by atoms with E-state index in [-0.39, 0.29) is 5.69 Å². The number of aromatic carboxylic acids is 1. The summed E-state index contributed by atoms with van der Waals surface area (Å²) in [5.74, 6) is -1.09. The smallest absolute Gasteiger partial charge is 0.356 e. The molecule has 0 fully saturated rings. The number of carboxylic acid groups (broad SMARTS) is 1. The molecule has 21 heavy (non-hydrogen) atoms. The van der Waals surface area contributed by atoms with E-state index in [0.717, 1.165) is 11.8 Å². The van der Waals surface area contributed by atoms with Crippen molar-refractivity contribution in [1.29, 1.82) is 0 Å². The summed E-state index contributed by atoms with van der Waals surface area (Å²) >= 11 is 0. The number of carboxylic acids is 1. The van der Waals surface area contributed by atoms with E-state index in [0.29, 0.717) is 11.4 Å². The maximum atomic E-state index is 11.5. The molecule has 0 amide bonds. The highest BCUT2D eigenvalue weighted by atomic mass is 32.2. The van der Waals surface area contributed by atoms with Gasteiger partial charge < -0.3 is 5.11 Å². The van der Waals surface area contributed by atoms with Crippen molar-refractivity contribution in [2.24, 2.45) is 7.05 Å². The quantitative estimate of drug-likeness (QED) is 0.915. The predicted octanol–water partition coefficient (Wildman–Crippen LogP) is 1.18. The van der Waals surface area contributed by atoms with Crippen LogP contribution in [0.15, 0.2) is 30.3 Å². The summed E-state index contributed by atoms with van der Waals surface area (Å²) in [5, 5.41) is 12.8. The van der Waals surface area contributed by atoms with Gasteiger partial charge in [-0.05, 0) is 23.8 Å². The highest BCUT2D eigenvalue weighted by molar-refractivity contribution is 7.92. The lowest BCUT2D eigenvalue weighted by Crippen LogP contribution is -2.24. The Bertz CT molecular complexity index is 778. The molecular weight excluding hydrogens is 294 g/mol. The number of sulfonamides is 1. The molecule has 1 N–H and O–H groups in total. The van der Waals surface area contributed by atoms with Gasteiger partial charge in [-0.15, -0.1) is 0 Å². The van der Waals surface area contributed by atoms with Crippen molar-refractivity contribution in [3.05, 3.63) is 36.0 Å². The minimum absolute atomic E-state index is 0.0372. The Morgan fingerprint density at radius 2 is 1.86 bits per heavy atom. The molecule has 0 atom stereocenters. The Morgan fingerprint density at radius 1 is 1.29 bits per heavy atom. The van der Waals surface area contributed by atoms with E-state index >= 15 is 0 Å². The average Bonchev–Trinajstić information content (AvgIpc) is 2.79. The zero-order valence-corrected chi connectivity index (χ0v) is 12.6. The van der Waals surface area contributed by atoms with Gasteiger partial charge in [-0.3, -0.25) is 8.99 Å². The summed E-state index contributed by atoms with van der Waals surface area (Å²) < 4.78 is 25.6. The van der Waals surface area contributed by atoms with Crippen LogP contribution in [0.3, 0.4) is 0 Å². The number of hydrogen-bond donors (Lipinski definition) is 1. The number of anilines is 1. The molecule has 112 valence electrons. The molecule has 7 nitrogen and oxygen atoms in total. The Labute approximate surface area is 122 Å². The van der Waals surface area contributed by atoms with Gasteiger partial charge in [-0.1, -0.05) is 12.1 Å². The Hall–Kier alpha value is -2.35. The highest BCUT2D eigenvalue weighted by Crippen LogP contribution is 2.24. The van der Waals surface area contributed by atoms with Gasteiger partial charge in [0.15, 0.2) is 5.69 Å². The largest absolute Gasteiger partial charge is 0.476 e. The molecule has 1 heterocycles. The number of carbonyl (C=O) groups is 1. The molecule has 0 aliphatic rings. The molecule has 0 unspecified atom stereocenters. The molecule has 0 radical (unpaired) electrons. The van der Waals surface area contributed by atoms with Crippen LogP contribution >= 0.6 is 0 Å². The van der Waals surface area contributed by atoms with Gasteiger partial charge in [0.1, 0.15) is 0 Å². The molecular formula is C13H15N3O4S. The number of benzene rings is 1. The van der Waals surface area contributed by atoms with E-state index in [1.165, 1.54) is 22.1 Å². The molecule has 0 aliphatic carbocycles. The zero-order valence-electron chi connectivity index (χ0n) is 11.8. The molecule has 0 saturated heterocycles. The second-order valence-corrected chi connectivity index (χ2v) is 6.63. The third kappa shape index (κ3) is 3.05. The lowest BCUT2D eigenvalue weighted by atomic mass is 10.1. The van der Waals surface area contributed by atoms with Crippen LogP contribution in [0.1, 0.15) is 10.5 Å². The van der Waals surface area contributed by atoms with Crippen molar-refractivity contribution in [3.8, 4) is 11.3 Å². The highest BCUT2D eigenvalue weighted by Gasteiger charge is 2.14. The molecule has 1 aromatic carbocycles. The molecule has 0 spiro atoms. The normalized spacial score (nSPS) is 11.4. The van der Waals surface area contributed by atoms with Crippen LogP contribution in [-0.2, 0) is 17.1 Å². The third-order valence-electron chi connectivity index (χ3n) is 3.12. The lowest BCUT2D eigenvalue weighted by molar-refractivity contribution is 0.0689. The van der Waals surface area contributed by atoms with Gasteiger partial charge in [-0.2, -0.15) is 5.10 Å². The Kier molecular flexibility index (Phi) is 3.73. The lowest BCUT2D eigenvalue weighted by Gasteiger charge is -2.16. The van der Waals surface area contributed by atoms with E-state index in [1.807, 2.05) is 0 Å². The Morgan fingerprint density at radius 3 is 2.29 bits per heavy atom. The molecule has 2 rings (SSSR count). The van der Waals surface area contributed by atoms with Gasteiger partial charge in [0.05, 0.1) is 17.6 Å². The topological polar surface area (TPSA) is 92.5 Å². The van der Waals surface area contributed by atoms with Crippen molar-refractivity contribution < 1.29 is 18.3 Å². The maximum absolute atomic E-state index is 11.5. The fraction of sp³-hybridized carbons (Fsp3) is 0.231. The summed E-state index contributed by atoms with van der Waals surface area (Å²) in [6.45, 7) is 0.